The summed E-state index contributed by atoms with van der Waals surface area (Å²) in [5.41, 5.74) is 3.67. The molecule has 86 valence electrons. The molecule has 2 heteroatoms. The van der Waals surface area contributed by atoms with Gasteiger partial charge in [-0.25, -0.2) is 0 Å². The quantitative estimate of drug-likeness (QED) is 0.710. The summed E-state index contributed by atoms with van der Waals surface area (Å²) in [6.07, 6.45) is 2.59. The van der Waals surface area contributed by atoms with E-state index in [1.54, 1.807) is 0 Å². The molecular weight excluding hydrogens is 198 g/mol. The summed E-state index contributed by atoms with van der Waals surface area (Å²) in [4.78, 5) is 11.5. The van der Waals surface area contributed by atoms with Gasteiger partial charge in [-0.2, -0.15) is 0 Å². The first-order valence-corrected chi connectivity index (χ1v) is 5.90. The van der Waals surface area contributed by atoms with Gasteiger partial charge in [0.1, 0.15) is 0 Å². The molecule has 0 aliphatic carbocycles. The number of anilines is 1. The number of amides is 1. The number of hydrogen-bond donors (Lipinski definition) is 1. The summed E-state index contributed by atoms with van der Waals surface area (Å²) in [5.74, 6) is 0.143. The molecule has 1 heterocycles. The minimum absolute atomic E-state index is 0.131. The summed E-state index contributed by atoms with van der Waals surface area (Å²) in [6, 6.07) is 6.45. The Morgan fingerprint density at radius 2 is 1.94 bits per heavy atom. The zero-order valence-corrected chi connectivity index (χ0v) is 10.3. The van der Waals surface area contributed by atoms with Crippen molar-refractivity contribution in [3.63, 3.8) is 0 Å². The molecule has 2 nitrogen and oxygen atoms in total. The lowest BCUT2D eigenvalue weighted by molar-refractivity contribution is -0.116. The van der Waals surface area contributed by atoms with Gasteiger partial charge >= 0.3 is 0 Å². The van der Waals surface area contributed by atoms with Crippen LogP contribution in [-0.4, -0.2) is 5.91 Å². The van der Waals surface area contributed by atoms with E-state index >= 15 is 0 Å². The summed E-state index contributed by atoms with van der Waals surface area (Å²) in [6.45, 7) is 6.56. The fourth-order valence-electron chi connectivity index (χ4n) is 2.03. The van der Waals surface area contributed by atoms with E-state index in [1.165, 1.54) is 11.1 Å². The zero-order chi connectivity index (χ0) is 11.8. The van der Waals surface area contributed by atoms with Crippen LogP contribution in [-0.2, 0) is 16.6 Å². The second-order valence-corrected chi connectivity index (χ2v) is 5.52. The van der Waals surface area contributed by atoms with Crippen LogP contribution in [0.1, 0.15) is 44.7 Å². The molecule has 2 rings (SSSR count). The largest absolute Gasteiger partial charge is 0.326 e. The predicted molar refractivity (Wildman–Crippen MR) is 66.7 cm³/mol. The van der Waals surface area contributed by atoms with E-state index in [-0.39, 0.29) is 11.3 Å². The van der Waals surface area contributed by atoms with Gasteiger partial charge in [-0.1, -0.05) is 32.9 Å². The molecule has 0 bridgehead atoms. The second-order valence-electron chi connectivity index (χ2n) is 5.52. The molecule has 16 heavy (non-hydrogen) atoms. The van der Waals surface area contributed by atoms with Crippen LogP contribution in [0.25, 0.3) is 0 Å². The van der Waals surface area contributed by atoms with E-state index in [4.69, 9.17) is 0 Å². The second kappa shape index (κ2) is 3.93. The zero-order valence-electron chi connectivity index (χ0n) is 10.3. The number of rotatable bonds is 0. The van der Waals surface area contributed by atoms with E-state index in [1.807, 2.05) is 0 Å². The van der Waals surface area contributed by atoms with Crippen LogP contribution in [0.4, 0.5) is 5.69 Å². The van der Waals surface area contributed by atoms with Crippen LogP contribution in [0, 0.1) is 0 Å². The number of hydrogen-bond acceptors (Lipinski definition) is 1. The minimum atomic E-state index is 0.131. The molecule has 1 aliphatic rings. The van der Waals surface area contributed by atoms with Gasteiger partial charge in [-0.05, 0) is 35.4 Å². The Labute approximate surface area is 97.1 Å². The highest BCUT2D eigenvalue weighted by Crippen LogP contribution is 2.29. The van der Waals surface area contributed by atoms with Crippen LogP contribution in [0.2, 0.25) is 0 Å². The van der Waals surface area contributed by atoms with Crippen LogP contribution >= 0.6 is 0 Å². The van der Waals surface area contributed by atoms with Crippen LogP contribution in [0.3, 0.4) is 0 Å². The highest BCUT2D eigenvalue weighted by atomic mass is 16.1. The Kier molecular flexibility index (Phi) is 2.75. The van der Waals surface area contributed by atoms with Gasteiger partial charge in [0.15, 0.2) is 0 Å². The van der Waals surface area contributed by atoms with Crippen molar-refractivity contribution in [2.75, 3.05) is 5.32 Å². The molecule has 1 aromatic carbocycles. The number of fused-ring (bicyclic) bond motifs is 1. The van der Waals surface area contributed by atoms with Crippen LogP contribution in [0.15, 0.2) is 18.2 Å². The average molecular weight is 217 g/mol. The van der Waals surface area contributed by atoms with Crippen molar-refractivity contribution < 1.29 is 4.79 Å². The molecule has 0 aromatic heterocycles. The van der Waals surface area contributed by atoms with E-state index < -0.39 is 0 Å². The maximum atomic E-state index is 11.5. The van der Waals surface area contributed by atoms with Crippen molar-refractivity contribution in [1.29, 1.82) is 0 Å². The van der Waals surface area contributed by atoms with E-state index in [0.29, 0.717) is 6.42 Å². The van der Waals surface area contributed by atoms with Crippen molar-refractivity contribution >= 4 is 11.6 Å². The molecular formula is C14H19NO. The molecule has 0 radical (unpaired) electrons. The van der Waals surface area contributed by atoms with Gasteiger partial charge in [0.2, 0.25) is 5.91 Å². The molecule has 0 spiro atoms. The Morgan fingerprint density at radius 1 is 1.19 bits per heavy atom. The molecule has 0 atom stereocenters. The number of aryl methyl sites for hydroxylation is 1. The van der Waals surface area contributed by atoms with E-state index in [2.05, 4.69) is 44.3 Å². The summed E-state index contributed by atoms with van der Waals surface area (Å²) < 4.78 is 0. The SMILES string of the molecule is CC(C)(C)c1ccc2c(c1)NC(=O)CCC2. The minimum Gasteiger partial charge on any atom is -0.326 e. The molecule has 0 unspecified atom stereocenters. The van der Waals surface area contributed by atoms with Crippen LogP contribution in [0.5, 0.6) is 0 Å². The molecule has 1 amide bonds. The smallest absolute Gasteiger partial charge is 0.224 e. The molecule has 0 saturated heterocycles. The average Bonchev–Trinajstić information content (AvgIpc) is 2.35. The Hall–Kier alpha value is -1.31. The highest BCUT2D eigenvalue weighted by molar-refractivity contribution is 5.92. The van der Waals surface area contributed by atoms with E-state index in [9.17, 15) is 4.79 Å². The van der Waals surface area contributed by atoms with Crippen molar-refractivity contribution in [3.8, 4) is 0 Å². The van der Waals surface area contributed by atoms with Gasteiger partial charge in [0.05, 0.1) is 0 Å². The molecule has 1 aromatic rings. The van der Waals surface area contributed by atoms with Gasteiger partial charge < -0.3 is 5.32 Å². The van der Waals surface area contributed by atoms with Gasteiger partial charge in [0, 0.05) is 12.1 Å². The van der Waals surface area contributed by atoms with Crippen molar-refractivity contribution in [3.05, 3.63) is 29.3 Å². The van der Waals surface area contributed by atoms with Crippen LogP contribution < -0.4 is 5.32 Å². The van der Waals surface area contributed by atoms with Crippen molar-refractivity contribution in [2.45, 2.75) is 45.4 Å². The fraction of sp³-hybridized carbons (Fsp3) is 0.500. The number of carbonyl (C=O) groups is 1. The Bertz CT molecular complexity index is 415. The first-order chi connectivity index (χ1) is 7.47. The summed E-state index contributed by atoms with van der Waals surface area (Å²) in [7, 11) is 0. The standard InChI is InChI=1S/C14H19NO/c1-14(2,3)11-8-7-10-5-4-6-13(16)15-12(10)9-11/h7-9H,4-6H2,1-3H3,(H,15,16). The third-order valence-electron chi connectivity index (χ3n) is 3.10. The number of nitrogens with one attached hydrogen (secondary N) is 1. The maximum Gasteiger partial charge on any atom is 0.224 e. The van der Waals surface area contributed by atoms with Crippen molar-refractivity contribution in [1.82, 2.24) is 0 Å². The summed E-state index contributed by atoms with van der Waals surface area (Å²) in [5, 5.41) is 3.00. The highest BCUT2D eigenvalue weighted by Gasteiger charge is 2.18. The maximum absolute atomic E-state index is 11.5. The monoisotopic (exact) mass is 217 g/mol. The fourth-order valence-corrected chi connectivity index (χ4v) is 2.03. The van der Waals surface area contributed by atoms with Gasteiger partial charge in [-0.3, -0.25) is 4.79 Å². The van der Waals surface area contributed by atoms with Gasteiger partial charge in [-0.15, -0.1) is 0 Å². The lowest BCUT2D eigenvalue weighted by atomic mass is 9.86. The predicted octanol–water partition coefficient (Wildman–Crippen LogP) is 3.26. The first kappa shape index (κ1) is 11.2. The number of carbonyl (C=O) groups excluding carboxylic acids is 1. The molecule has 0 saturated carbocycles. The van der Waals surface area contributed by atoms with Crippen molar-refractivity contribution in [2.24, 2.45) is 0 Å². The lowest BCUT2D eigenvalue weighted by Crippen LogP contribution is -2.13. The molecule has 0 fully saturated rings. The Balaban J connectivity index is 2.40. The topological polar surface area (TPSA) is 29.1 Å². The third-order valence-corrected chi connectivity index (χ3v) is 3.10. The van der Waals surface area contributed by atoms with Gasteiger partial charge in [0.25, 0.3) is 0 Å². The third kappa shape index (κ3) is 2.26. The first-order valence-electron chi connectivity index (χ1n) is 5.90. The normalized spacial score (nSPS) is 16.3. The molecule has 1 N–H and O–H groups in total. The summed E-state index contributed by atoms with van der Waals surface area (Å²) >= 11 is 0. The lowest BCUT2D eigenvalue weighted by Gasteiger charge is -2.21. The molecule has 1 aliphatic heterocycles. The Morgan fingerprint density at radius 3 is 2.62 bits per heavy atom. The van der Waals surface area contributed by atoms with E-state index in [0.717, 1.165) is 18.5 Å². The number of benzene rings is 1.